The third-order valence-corrected chi connectivity index (χ3v) is 7.60. The van der Waals surface area contributed by atoms with Gasteiger partial charge in [0.2, 0.25) is 11.8 Å². The zero-order chi connectivity index (χ0) is 30.1. The fraction of sp³-hybridized carbons (Fsp3) is 0.483. The summed E-state index contributed by atoms with van der Waals surface area (Å²) < 4.78 is 5.68. The van der Waals surface area contributed by atoms with Crippen molar-refractivity contribution in [1.82, 2.24) is 26.3 Å². The molecule has 226 valence electrons. The van der Waals surface area contributed by atoms with Crippen LogP contribution in [-0.2, 0) is 14.3 Å². The predicted molar refractivity (Wildman–Crippen MR) is 155 cm³/mol. The van der Waals surface area contributed by atoms with E-state index in [1.807, 2.05) is 60.9 Å². The van der Waals surface area contributed by atoms with Gasteiger partial charge in [-0.15, -0.1) is 5.43 Å². The van der Waals surface area contributed by atoms with Crippen molar-refractivity contribution in [2.45, 2.75) is 63.3 Å². The molecule has 13 heteroatoms. The van der Waals surface area contributed by atoms with E-state index in [1.165, 1.54) is 4.90 Å². The van der Waals surface area contributed by atoms with E-state index >= 15 is 0 Å². The van der Waals surface area contributed by atoms with Crippen LogP contribution in [0.3, 0.4) is 0 Å². The number of nitrogens with two attached hydrogens (primary N) is 1. The minimum absolute atomic E-state index is 0.0928. The van der Waals surface area contributed by atoms with Crippen LogP contribution in [0.15, 0.2) is 48.5 Å². The molecule has 2 aromatic rings. The fourth-order valence-corrected chi connectivity index (χ4v) is 5.63. The van der Waals surface area contributed by atoms with Crippen LogP contribution in [0.5, 0.6) is 0 Å². The van der Waals surface area contributed by atoms with Gasteiger partial charge in [-0.3, -0.25) is 20.6 Å². The molecule has 0 aromatic heterocycles. The number of hydrogen-bond donors (Lipinski definition) is 5. The van der Waals surface area contributed by atoms with Crippen LogP contribution in [0.4, 0.5) is 4.79 Å². The number of ether oxygens (including phenoxy) is 1. The molecule has 1 aliphatic carbocycles. The standard InChI is InChI=1S/C29H39N7O6/c1-2-15-31-26(37)25-14-8-17-35(25)27(38)24(13-7-16-32-28(30)34-36(40)41)33-29(39)42-18-23-21-11-5-3-9-19(21)20-10-4-6-12-22(20)23/h3-6,9-12,23-25,28,32,34H,2,7-8,13-18,30H2,1H3,(H,31,37)(H,33,39). The maximum atomic E-state index is 13.7. The Morgan fingerprint density at radius 3 is 2.40 bits per heavy atom. The maximum Gasteiger partial charge on any atom is 0.407 e. The van der Waals surface area contributed by atoms with Crippen molar-refractivity contribution in [3.05, 3.63) is 69.8 Å². The van der Waals surface area contributed by atoms with Crippen molar-refractivity contribution in [2.75, 3.05) is 26.2 Å². The normalized spacial score (nSPS) is 17.1. The molecule has 42 heavy (non-hydrogen) atoms. The van der Waals surface area contributed by atoms with E-state index in [0.29, 0.717) is 32.4 Å². The van der Waals surface area contributed by atoms with Gasteiger partial charge in [0.25, 0.3) is 0 Å². The van der Waals surface area contributed by atoms with Crippen LogP contribution in [0, 0.1) is 10.1 Å². The lowest BCUT2D eigenvalue weighted by Crippen LogP contribution is -2.54. The number of amides is 3. The van der Waals surface area contributed by atoms with Crippen molar-refractivity contribution in [2.24, 2.45) is 5.73 Å². The SMILES string of the molecule is CCCNC(=O)C1CCCN1C(=O)C(CCCNC(N)N[N+](=O)[O-])NC(=O)OCC1c2ccccc2-c2ccccc21. The third-order valence-electron chi connectivity index (χ3n) is 7.60. The molecule has 6 N–H and O–H groups in total. The molecule has 13 nitrogen and oxygen atoms in total. The average Bonchev–Trinajstić information content (AvgIpc) is 3.59. The summed E-state index contributed by atoms with van der Waals surface area (Å²) in [4.78, 5) is 51.6. The van der Waals surface area contributed by atoms with E-state index in [0.717, 1.165) is 28.7 Å². The average molecular weight is 582 g/mol. The largest absolute Gasteiger partial charge is 0.449 e. The maximum absolute atomic E-state index is 13.7. The smallest absolute Gasteiger partial charge is 0.407 e. The highest BCUT2D eigenvalue weighted by Crippen LogP contribution is 2.44. The number of nitro groups is 1. The molecule has 1 fully saturated rings. The number of fused-ring (bicyclic) bond motifs is 3. The molecular formula is C29H39N7O6. The Bertz CT molecular complexity index is 1230. The summed E-state index contributed by atoms with van der Waals surface area (Å²) in [6.07, 6.45) is 0.766. The molecular weight excluding hydrogens is 542 g/mol. The number of carbonyl (C=O) groups is 3. The first-order valence-corrected chi connectivity index (χ1v) is 14.4. The molecule has 1 aliphatic heterocycles. The Morgan fingerprint density at radius 2 is 1.76 bits per heavy atom. The Labute approximate surface area is 244 Å². The van der Waals surface area contributed by atoms with E-state index < -0.39 is 29.5 Å². The number of rotatable bonds is 14. The first kappa shape index (κ1) is 30.7. The molecule has 0 saturated carbocycles. The van der Waals surface area contributed by atoms with Gasteiger partial charge in [-0.25, -0.2) is 14.9 Å². The van der Waals surface area contributed by atoms with Crippen molar-refractivity contribution >= 4 is 17.9 Å². The van der Waals surface area contributed by atoms with Crippen LogP contribution in [0.1, 0.15) is 56.1 Å². The van der Waals surface area contributed by atoms with E-state index in [-0.39, 0.29) is 37.3 Å². The number of benzene rings is 2. The molecule has 3 amide bonds. The van der Waals surface area contributed by atoms with Crippen LogP contribution in [0.2, 0.25) is 0 Å². The number of alkyl carbamates (subject to hydrolysis) is 1. The molecule has 1 heterocycles. The molecule has 0 radical (unpaired) electrons. The zero-order valence-electron chi connectivity index (χ0n) is 23.7. The minimum atomic E-state index is -1.07. The van der Waals surface area contributed by atoms with Gasteiger partial charge >= 0.3 is 6.09 Å². The monoisotopic (exact) mass is 581 g/mol. The van der Waals surface area contributed by atoms with Crippen LogP contribution in [-0.4, -0.2) is 72.5 Å². The Kier molecular flexibility index (Phi) is 10.7. The fourth-order valence-electron chi connectivity index (χ4n) is 5.63. The van der Waals surface area contributed by atoms with Crippen LogP contribution in [0.25, 0.3) is 11.1 Å². The highest BCUT2D eigenvalue weighted by atomic mass is 16.7. The van der Waals surface area contributed by atoms with E-state index in [2.05, 4.69) is 16.0 Å². The van der Waals surface area contributed by atoms with Crippen LogP contribution < -0.4 is 27.1 Å². The van der Waals surface area contributed by atoms with Crippen molar-refractivity contribution in [3.63, 3.8) is 0 Å². The molecule has 2 aromatic carbocycles. The Hall–Kier alpha value is -4.23. The second-order valence-corrected chi connectivity index (χ2v) is 10.5. The van der Waals surface area contributed by atoms with E-state index in [1.54, 1.807) is 0 Å². The van der Waals surface area contributed by atoms with Crippen molar-refractivity contribution in [3.8, 4) is 11.1 Å². The van der Waals surface area contributed by atoms with Gasteiger partial charge in [0.15, 0.2) is 11.3 Å². The van der Waals surface area contributed by atoms with E-state index in [4.69, 9.17) is 10.5 Å². The summed E-state index contributed by atoms with van der Waals surface area (Å²) in [7, 11) is 0. The Morgan fingerprint density at radius 1 is 1.10 bits per heavy atom. The first-order chi connectivity index (χ1) is 20.3. The van der Waals surface area contributed by atoms with Gasteiger partial charge in [0.05, 0.1) is 0 Å². The summed E-state index contributed by atoms with van der Waals surface area (Å²) in [6, 6.07) is 14.4. The molecule has 1 saturated heterocycles. The van der Waals surface area contributed by atoms with Gasteiger partial charge in [-0.05, 0) is 60.9 Å². The van der Waals surface area contributed by atoms with Gasteiger partial charge in [0, 0.05) is 19.0 Å². The van der Waals surface area contributed by atoms with E-state index in [9.17, 15) is 24.5 Å². The summed E-state index contributed by atoms with van der Waals surface area (Å²) in [5.74, 6) is -0.714. The number of nitrogens with zero attached hydrogens (tertiary/aromatic N) is 2. The van der Waals surface area contributed by atoms with Gasteiger partial charge in [-0.2, -0.15) is 0 Å². The molecule has 0 spiro atoms. The topological polar surface area (TPSA) is 181 Å². The van der Waals surface area contributed by atoms with Crippen molar-refractivity contribution < 1.29 is 24.2 Å². The van der Waals surface area contributed by atoms with Gasteiger partial charge in [-0.1, -0.05) is 55.5 Å². The lowest BCUT2D eigenvalue weighted by molar-refractivity contribution is -0.552. The minimum Gasteiger partial charge on any atom is -0.449 e. The zero-order valence-corrected chi connectivity index (χ0v) is 23.7. The third kappa shape index (κ3) is 7.53. The highest BCUT2D eigenvalue weighted by Gasteiger charge is 2.38. The quantitative estimate of drug-likeness (QED) is 0.0962. The number of carbonyl (C=O) groups excluding carboxylic acids is 3. The first-order valence-electron chi connectivity index (χ1n) is 14.4. The number of hydrogen-bond acceptors (Lipinski definition) is 8. The summed E-state index contributed by atoms with van der Waals surface area (Å²) in [5.41, 5.74) is 11.9. The van der Waals surface area contributed by atoms with Gasteiger partial charge in [0.1, 0.15) is 18.7 Å². The summed E-state index contributed by atoms with van der Waals surface area (Å²) in [5, 5.41) is 18.2. The molecule has 4 rings (SSSR count). The van der Waals surface area contributed by atoms with Crippen molar-refractivity contribution in [1.29, 1.82) is 0 Å². The number of hydrazine groups is 1. The second kappa shape index (κ2) is 14.6. The van der Waals surface area contributed by atoms with Crippen LogP contribution >= 0.6 is 0 Å². The lowest BCUT2D eigenvalue weighted by Gasteiger charge is -2.29. The summed E-state index contributed by atoms with van der Waals surface area (Å²) in [6.45, 7) is 3.21. The number of nitrogens with one attached hydrogen (secondary N) is 4. The molecule has 3 unspecified atom stereocenters. The lowest BCUT2D eigenvalue weighted by atomic mass is 9.98. The Balaban J connectivity index is 1.41. The molecule has 2 aliphatic rings. The summed E-state index contributed by atoms with van der Waals surface area (Å²) >= 11 is 0. The number of likely N-dealkylation sites (tertiary alicyclic amines) is 1. The second-order valence-electron chi connectivity index (χ2n) is 10.5. The predicted octanol–water partition coefficient (Wildman–Crippen LogP) is 1.80. The van der Waals surface area contributed by atoms with Gasteiger partial charge < -0.3 is 20.3 Å². The molecule has 0 bridgehead atoms. The molecule has 3 atom stereocenters. The highest BCUT2D eigenvalue weighted by molar-refractivity contribution is 5.92.